The third-order valence-corrected chi connectivity index (χ3v) is 4.19. The topological polar surface area (TPSA) is 85.8 Å². The number of rotatable bonds is 7. The van der Waals surface area contributed by atoms with Crippen LogP contribution in [0.25, 0.3) is 17.1 Å². The molecule has 0 radical (unpaired) electrons. The van der Waals surface area contributed by atoms with Gasteiger partial charge in [0.1, 0.15) is 0 Å². The fourth-order valence-electron chi connectivity index (χ4n) is 2.85. The summed E-state index contributed by atoms with van der Waals surface area (Å²) in [4.78, 5) is 20.9. The van der Waals surface area contributed by atoms with Crippen LogP contribution in [0.4, 0.5) is 5.69 Å². The van der Waals surface area contributed by atoms with Crippen LogP contribution < -0.4 is 5.32 Å². The number of benzene rings is 1. The Labute approximate surface area is 162 Å². The first kappa shape index (κ1) is 17.7. The highest BCUT2D eigenvalue weighted by atomic mass is 16.4. The molecule has 1 N–H and O–H groups in total. The average Bonchev–Trinajstić information content (AvgIpc) is 3.41. The lowest BCUT2D eigenvalue weighted by molar-refractivity contribution is -0.116. The molecule has 0 aliphatic heterocycles. The monoisotopic (exact) mass is 373 g/mol. The molecule has 3 heterocycles. The van der Waals surface area contributed by atoms with E-state index in [1.165, 1.54) is 0 Å². The molecule has 0 aliphatic carbocycles. The van der Waals surface area contributed by atoms with Gasteiger partial charge in [-0.15, -0.1) is 0 Å². The lowest BCUT2D eigenvalue weighted by Crippen LogP contribution is -2.14. The smallest absolute Gasteiger partial charge is 0.224 e. The summed E-state index contributed by atoms with van der Waals surface area (Å²) in [5.74, 6) is 1.86. The van der Waals surface area contributed by atoms with E-state index in [1.54, 1.807) is 41.6 Å². The van der Waals surface area contributed by atoms with Crippen molar-refractivity contribution in [3.05, 3.63) is 79.2 Å². The largest absolute Gasteiger partial charge is 0.441 e. The molecule has 7 heteroatoms. The van der Waals surface area contributed by atoms with E-state index in [9.17, 15) is 4.79 Å². The molecule has 0 saturated heterocycles. The van der Waals surface area contributed by atoms with Crippen molar-refractivity contribution in [2.45, 2.75) is 19.3 Å². The first-order valence-corrected chi connectivity index (χ1v) is 9.04. The molecule has 140 valence electrons. The predicted molar refractivity (Wildman–Crippen MR) is 105 cm³/mol. The second kappa shape index (κ2) is 8.30. The number of hydrogen-bond acceptors (Lipinski definition) is 5. The number of amides is 1. The number of aryl methyl sites for hydroxylation is 1. The Balaban J connectivity index is 1.32. The number of pyridine rings is 1. The van der Waals surface area contributed by atoms with Gasteiger partial charge in [-0.3, -0.25) is 4.79 Å². The first-order chi connectivity index (χ1) is 13.8. The lowest BCUT2D eigenvalue weighted by atomic mass is 10.2. The van der Waals surface area contributed by atoms with Crippen LogP contribution in [0.3, 0.4) is 0 Å². The van der Waals surface area contributed by atoms with Gasteiger partial charge in [0.25, 0.3) is 0 Å². The van der Waals surface area contributed by atoms with Crippen LogP contribution in [0, 0.1) is 0 Å². The molecule has 4 aromatic rings. The Morgan fingerprint density at radius 1 is 1.04 bits per heavy atom. The summed E-state index contributed by atoms with van der Waals surface area (Å²) in [5.41, 5.74) is 1.61. The predicted octanol–water partition coefficient (Wildman–Crippen LogP) is 3.88. The highest BCUT2D eigenvalue weighted by molar-refractivity contribution is 5.92. The van der Waals surface area contributed by atoms with Crippen LogP contribution in [0.2, 0.25) is 0 Å². The minimum Gasteiger partial charge on any atom is -0.441 e. The molecule has 0 spiro atoms. The molecule has 0 saturated carbocycles. The molecule has 3 aromatic heterocycles. The minimum absolute atomic E-state index is 0.0868. The first-order valence-electron chi connectivity index (χ1n) is 9.04. The van der Waals surface area contributed by atoms with Crippen molar-refractivity contribution in [1.82, 2.24) is 19.7 Å². The fraction of sp³-hybridized carbons (Fsp3) is 0.143. The zero-order valence-electron chi connectivity index (χ0n) is 15.2. The summed E-state index contributed by atoms with van der Waals surface area (Å²) in [6.45, 7) is 0. The van der Waals surface area contributed by atoms with Gasteiger partial charge in [-0.1, -0.05) is 30.3 Å². The molecular weight excluding hydrogens is 354 g/mol. The standard InChI is InChI=1S/C21H19N5O2/c27-19(25-17-9-5-12-22-21(17)26-14-6-13-24-26)10-4-11-20-23-15-18(28-20)16-7-2-1-3-8-16/h1-3,5-9,12-15H,4,10-11H2,(H,25,27). The van der Waals surface area contributed by atoms with Gasteiger partial charge in [-0.2, -0.15) is 5.10 Å². The van der Waals surface area contributed by atoms with Gasteiger partial charge >= 0.3 is 0 Å². The molecule has 0 unspecified atom stereocenters. The molecule has 4 rings (SSSR count). The van der Waals surface area contributed by atoms with E-state index in [4.69, 9.17) is 4.42 Å². The van der Waals surface area contributed by atoms with E-state index >= 15 is 0 Å². The minimum atomic E-state index is -0.0868. The van der Waals surface area contributed by atoms with E-state index in [2.05, 4.69) is 20.4 Å². The van der Waals surface area contributed by atoms with Crippen molar-refractivity contribution in [1.29, 1.82) is 0 Å². The fourth-order valence-corrected chi connectivity index (χ4v) is 2.85. The third kappa shape index (κ3) is 4.15. The van der Waals surface area contributed by atoms with Crippen LogP contribution in [-0.2, 0) is 11.2 Å². The third-order valence-electron chi connectivity index (χ3n) is 4.19. The van der Waals surface area contributed by atoms with Gasteiger partial charge < -0.3 is 9.73 Å². The Bertz CT molecular complexity index is 1040. The molecule has 0 aliphatic rings. The summed E-state index contributed by atoms with van der Waals surface area (Å²) in [6, 6.07) is 15.2. The number of carbonyl (C=O) groups excluding carboxylic acids is 1. The van der Waals surface area contributed by atoms with Crippen molar-refractivity contribution in [2.24, 2.45) is 0 Å². The van der Waals surface area contributed by atoms with Gasteiger partial charge in [0.05, 0.1) is 11.9 Å². The van der Waals surface area contributed by atoms with E-state index < -0.39 is 0 Å². The zero-order valence-corrected chi connectivity index (χ0v) is 15.2. The number of aromatic nitrogens is 4. The summed E-state index contributed by atoms with van der Waals surface area (Å²) in [6.07, 6.45) is 8.43. The SMILES string of the molecule is O=C(CCCc1ncc(-c2ccccc2)o1)Nc1cccnc1-n1cccn1. The normalized spacial score (nSPS) is 10.7. The van der Waals surface area contributed by atoms with Gasteiger partial charge in [-0.25, -0.2) is 14.6 Å². The van der Waals surface area contributed by atoms with Gasteiger partial charge in [0.2, 0.25) is 5.91 Å². The average molecular weight is 373 g/mol. The van der Waals surface area contributed by atoms with Crippen molar-refractivity contribution in [2.75, 3.05) is 5.32 Å². The van der Waals surface area contributed by atoms with E-state index in [-0.39, 0.29) is 5.91 Å². The Hall–Kier alpha value is -3.74. The number of nitrogens with zero attached hydrogens (tertiary/aromatic N) is 4. The van der Waals surface area contributed by atoms with Crippen molar-refractivity contribution in [3.8, 4) is 17.1 Å². The van der Waals surface area contributed by atoms with Crippen molar-refractivity contribution in [3.63, 3.8) is 0 Å². The molecular formula is C21H19N5O2. The van der Waals surface area contributed by atoms with Crippen molar-refractivity contribution < 1.29 is 9.21 Å². The summed E-state index contributed by atoms with van der Waals surface area (Å²) in [5, 5.41) is 7.07. The van der Waals surface area contributed by atoms with Crippen LogP contribution in [0.15, 0.2) is 77.7 Å². The van der Waals surface area contributed by atoms with Crippen LogP contribution in [-0.4, -0.2) is 25.7 Å². The molecule has 0 bridgehead atoms. The molecule has 28 heavy (non-hydrogen) atoms. The van der Waals surface area contributed by atoms with E-state index in [0.717, 1.165) is 11.3 Å². The van der Waals surface area contributed by atoms with Gasteiger partial charge in [0, 0.05) is 37.0 Å². The lowest BCUT2D eigenvalue weighted by Gasteiger charge is -2.09. The Morgan fingerprint density at radius 2 is 1.93 bits per heavy atom. The van der Waals surface area contributed by atoms with Crippen molar-refractivity contribution >= 4 is 11.6 Å². The van der Waals surface area contributed by atoms with Crippen LogP contribution >= 0.6 is 0 Å². The molecule has 1 aromatic carbocycles. The van der Waals surface area contributed by atoms with Gasteiger partial charge in [-0.05, 0) is 24.6 Å². The maximum absolute atomic E-state index is 12.3. The molecule has 1 amide bonds. The van der Waals surface area contributed by atoms with Crippen LogP contribution in [0.1, 0.15) is 18.7 Å². The highest BCUT2D eigenvalue weighted by Crippen LogP contribution is 2.21. The number of anilines is 1. The van der Waals surface area contributed by atoms with E-state index in [1.807, 2.05) is 36.4 Å². The summed E-state index contributed by atoms with van der Waals surface area (Å²) in [7, 11) is 0. The van der Waals surface area contributed by atoms with Gasteiger partial charge in [0.15, 0.2) is 17.5 Å². The number of hydrogen-bond donors (Lipinski definition) is 1. The maximum atomic E-state index is 12.3. The molecule has 0 fully saturated rings. The van der Waals surface area contributed by atoms with E-state index in [0.29, 0.717) is 36.7 Å². The second-order valence-electron chi connectivity index (χ2n) is 6.21. The van der Waals surface area contributed by atoms with Crippen LogP contribution in [0.5, 0.6) is 0 Å². The number of nitrogens with one attached hydrogen (secondary N) is 1. The number of carbonyl (C=O) groups is 1. The molecule has 7 nitrogen and oxygen atoms in total. The second-order valence-corrected chi connectivity index (χ2v) is 6.21. The maximum Gasteiger partial charge on any atom is 0.224 e. The molecule has 0 atom stereocenters. The Morgan fingerprint density at radius 3 is 2.75 bits per heavy atom. The summed E-state index contributed by atoms with van der Waals surface area (Å²) >= 11 is 0. The Kier molecular flexibility index (Phi) is 5.24. The quantitative estimate of drug-likeness (QED) is 0.531. The summed E-state index contributed by atoms with van der Waals surface area (Å²) < 4.78 is 7.39. The zero-order chi connectivity index (χ0) is 19.2. The highest BCUT2D eigenvalue weighted by Gasteiger charge is 2.11. The number of oxazole rings is 1.